The van der Waals surface area contributed by atoms with Gasteiger partial charge in [-0.05, 0) is 36.6 Å². The maximum atomic E-state index is 11.6. The molecule has 0 saturated heterocycles. The van der Waals surface area contributed by atoms with E-state index in [0.717, 1.165) is 17.7 Å². The lowest BCUT2D eigenvalue weighted by Crippen LogP contribution is -2.30. The molecule has 0 aliphatic rings. The lowest BCUT2D eigenvalue weighted by atomic mass is 10.1. The van der Waals surface area contributed by atoms with Crippen LogP contribution in [0.4, 0.5) is 10.5 Å². The second-order valence-corrected chi connectivity index (χ2v) is 4.31. The van der Waals surface area contributed by atoms with Crippen LogP contribution in [0.15, 0.2) is 54.6 Å². The third kappa shape index (κ3) is 4.47. The third-order valence-electron chi connectivity index (χ3n) is 2.75. The monoisotopic (exact) mass is 253 g/mol. The number of benzene rings is 2. The zero-order valence-electron chi connectivity index (χ0n) is 10.7. The number of anilines is 1. The molecule has 97 valence electrons. The predicted octanol–water partition coefficient (Wildman–Crippen LogP) is 3.23. The Bertz CT molecular complexity index is 520. The van der Waals surface area contributed by atoms with Gasteiger partial charge < -0.3 is 10.6 Å². The topological polar surface area (TPSA) is 41.1 Å². The van der Waals surface area contributed by atoms with E-state index in [1.165, 1.54) is 5.56 Å². The summed E-state index contributed by atoms with van der Waals surface area (Å²) in [5.74, 6) is 0. The van der Waals surface area contributed by atoms with Crippen molar-refractivity contribution in [2.45, 2.75) is 6.42 Å². The second-order valence-electron chi connectivity index (χ2n) is 4.31. The minimum atomic E-state index is -0.187. The lowest BCUT2D eigenvalue weighted by molar-refractivity contribution is 0.252. The summed E-state index contributed by atoms with van der Waals surface area (Å²) >= 11 is 0. The maximum absolute atomic E-state index is 11.6. The highest BCUT2D eigenvalue weighted by Crippen LogP contribution is 2.08. The Morgan fingerprint density at radius 1 is 1.00 bits per heavy atom. The molecule has 0 spiro atoms. The molecule has 2 amide bonds. The highest BCUT2D eigenvalue weighted by atomic mass is 16.2. The van der Waals surface area contributed by atoms with E-state index in [2.05, 4.69) is 17.6 Å². The van der Waals surface area contributed by atoms with Crippen molar-refractivity contribution in [3.63, 3.8) is 0 Å². The van der Waals surface area contributed by atoms with Gasteiger partial charge in [0.05, 0.1) is 0 Å². The molecule has 0 atom stereocenters. The number of hydrogen-bond donors (Lipinski definition) is 2. The first kappa shape index (κ1) is 13.1. The minimum absolute atomic E-state index is 0.187. The summed E-state index contributed by atoms with van der Waals surface area (Å²) in [4.78, 5) is 11.6. The fourth-order valence-electron chi connectivity index (χ4n) is 1.73. The van der Waals surface area contributed by atoms with Crippen molar-refractivity contribution in [3.8, 4) is 0 Å². The van der Waals surface area contributed by atoms with E-state index in [1.54, 1.807) is 0 Å². The Morgan fingerprint density at radius 3 is 2.37 bits per heavy atom. The van der Waals surface area contributed by atoms with Gasteiger partial charge in [0.25, 0.3) is 0 Å². The first-order valence-corrected chi connectivity index (χ1v) is 6.25. The SMILES string of the molecule is [CH2]c1ccc(NC(=O)NCCc2ccccc2)cc1. The largest absolute Gasteiger partial charge is 0.338 e. The first-order valence-electron chi connectivity index (χ1n) is 6.25. The van der Waals surface area contributed by atoms with Crippen LogP contribution in [0, 0.1) is 6.92 Å². The van der Waals surface area contributed by atoms with E-state index in [-0.39, 0.29) is 6.03 Å². The Kier molecular flexibility index (Phi) is 4.56. The number of amides is 2. The van der Waals surface area contributed by atoms with Gasteiger partial charge in [-0.2, -0.15) is 0 Å². The van der Waals surface area contributed by atoms with Crippen LogP contribution in [0.5, 0.6) is 0 Å². The van der Waals surface area contributed by atoms with Gasteiger partial charge in [-0.15, -0.1) is 0 Å². The number of rotatable bonds is 4. The van der Waals surface area contributed by atoms with Gasteiger partial charge in [-0.25, -0.2) is 4.79 Å². The van der Waals surface area contributed by atoms with E-state index in [1.807, 2.05) is 54.6 Å². The lowest BCUT2D eigenvalue weighted by Gasteiger charge is -2.07. The molecule has 19 heavy (non-hydrogen) atoms. The quantitative estimate of drug-likeness (QED) is 0.863. The molecule has 0 aliphatic carbocycles. The number of hydrogen-bond acceptors (Lipinski definition) is 1. The highest BCUT2D eigenvalue weighted by Gasteiger charge is 2.00. The fraction of sp³-hybridized carbons (Fsp3) is 0.125. The summed E-state index contributed by atoms with van der Waals surface area (Å²) in [5.41, 5.74) is 2.91. The van der Waals surface area contributed by atoms with E-state index in [0.29, 0.717) is 6.54 Å². The first-order chi connectivity index (χ1) is 9.24. The maximum Gasteiger partial charge on any atom is 0.319 e. The standard InChI is InChI=1S/C16H17N2O/c1-13-7-9-15(10-8-13)18-16(19)17-12-11-14-5-3-2-4-6-14/h2-10H,1,11-12H2,(H2,17,18,19). The van der Waals surface area contributed by atoms with Gasteiger partial charge in [0.2, 0.25) is 0 Å². The number of nitrogens with one attached hydrogen (secondary N) is 2. The fourth-order valence-corrected chi connectivity index (χ4v) is 1.73. The summed E-state index contributed by atoms with van der Waals surface area (Å²) in [6.45, 7) is 4.41. The van der Waals surface area contributed by atoms with Gasteiger partial charge in [0, 0.05) is 12.2 Å². The van der Waals surface area contributed by atoms with Crippen molar-refractivity contribution >= 4 is 11.7 Å². The van der Waals surface area contributed by atoms with Gasteiger partial charge in [0.1, 0.15) is 0 Å². The van der Waals surface area contributed by atoms with Crippen molar-refractivity contribution in [1.29, 1.82) is 0 Å². The zero-order valence-corrected chi connectivity index (χ0v) is 10.7. The summed E-state index contributed by atoms with van der Waals surface area (Å²) in [5, 5.41) is 5.61. The average Bonchev–Trinajstić information content (AvgIpc) is 2.43. The van der Waals surface area contributed by atoms with Crippen molar-refractivity contribution in [2.24, 2.45) is 0 Å². The van der Waals surface area contributed by atoms with Crippen LogP contribution < -0.4 is 10.6 Å². The second kappa shape index (κ2) is 6.59. The van der Waals surface area contributed by atoms with E-state index < -0.39 is 0 Å². The molecule has 3 nitrogen and oxygen atoms in total. The molecule has 2 aromatic carbocycles. The van der Waals surface area contributed by atoms with Gasteiger partial charge in [0.15, 0.2) is 0 Å². The summed E-state index contributed by atoms with van der Waals surface area (Å²) in [6.07, 6.45) is 0.825. The van der Waals surface area contributed by atoms with Crippen LogP contribution in [0.25, 0.3) is 0 Å². The Labute approximate surface area is 113 Å². The molecule has 0 aromatic heterocycles. The number of urea groups is 1. The van der Waals surface area contributed by atoms with Crippen LogP contribution in [0.1, 0.15) is 11.1 Å². The summed E-state index contributed by atoms with van der Waals surface area (Å²) in [6, 6.07) is 17.3. The van der Waals surface area contributed by atoms with E-state index in [9.17, 15) is 4.79 Å². The van der Waals surface area contributed by atoms with E-state index >= 15 is 0 Å². The Hall–Kier alpha value is -2.29. The summed E-state index contributed by atoms with van der Waals surface area (Å²) < 4.78 is 0. The molecule has 2 N–H and O–H groups in total. The smallest absolute Gasteiger partial charge is 0.319 e. The normalized spacial score (nSPS) is 9.95. The van der Waals surface area contributed by atoms with Crippen molar-refractivity contribution < 1.29 is 4.79 Å². The Balaban J connectivity index is 1.74. The van der Waals surface area contributed by atoms with Gasteiger partial charge in [-0.3, -0.25) is 0 Å². The molecule has 0 bridgehead atoms. The van der Waals surface area contributed by atoms with Crippen molar-refractivity contribution in [1.82, 2.24) is 5.32 Å². The summed E-state index contributed by atoms with van der Waals surface area (Å²) in [7, 11) is 0. The molecule has 0 fully saturated rings. The molecular weight excluding hydrogens is 236 g/mol. The predicted molar refractivity (Wildman–Crippen MR) is 78.1 cm³/mol. The molecular formula is C16H17N2O. The minimum Gasteiger partial charge on any atom is -0.338 e. The van der Waals surface area contributed by atoms with Crippen molar-refractivity contribution in [2.75, 3.05) is 11.9 Å². The van der Waals surface area contributed by atoms with Gasteiger partial charge in [-0.1, -0.05) is 42.5 Å². The molecule has 2 aromatic rings. The van der Waals surface area contributed by atoms with Crippen LogP contribution in [0.2, 0.25) is 0 Å². The molecule has 2 rings (SSSR count). The van der Waals surface area contributed by atoms with Gasteiger partial charge >= 0.3 is 6.03 Å². The van der Waals surface area contributed by atoms with Crippen LogP contribution in [-0.4, -0.2) is 12.6 Å². The van der Waals surface area contributed by atoms with Crippen LogP contribution in [0.3, 0.4) is 0 Å². The molecule has 0 unspecified atom stereocenters. The average molecular weight is 253 g/mol. The molecule has 0 heterocycles. The Morgan fingerprint density at radius 2 is 1.68 bits per heavy atom. The molecule has 0 saturated carbocycles. The van der Waals surface area contributed by atoms with Crippen LogP contribution >= 0.6 is 0 Å². The van der Waals surface area contributed by atoms with Crippen molar-refractivity contribution in [3.05, 3.63) is 72.6 Å². The number of carbonyl (C=O) groups is 1. The third-order valence-corrected chi connectivity index (χ3v) is 2.75. The molecule has 0 aliphatic heterocycles. The molecule has 1 radical (unpaired) electrons. The highest BCUT2D eigenvalue weighted by molar-refractivity contribution is 5.89. The zero-order chi connectivity index (χ0) is 13.5. The number of carbonyl (C=O) groups excluding carboxylic acids is 1. The van der Waals surface area contributed by atoms with E-state index in [4.69, 9.17) is 0 Å². The molecule has 3 heteroatoms. The van der Waals surface area contributed by atoms with Crippen LogP contribution in [-0.2, 0) is 6.42 Å².